The number of hydrogen-bond acceptors (Lipinski definition) is 3. The molecule has 1 N–H and O–H groups in total. The second-order valence-corrected chi connectivity index (χ2v) is 3.29. The van der Waals surface area contributed by atoms with Crippen LogP contribution < -0.4 is 10.6 Å². The smallest absolute Gasteiger partial charge is 0.0878 e. The molecule has 3 nitrogen and oxygen atoms in total. The van der Waals surface area contributed by atoms with E-state index in [1.165, 1.54) is 0 Å². The normalized spacial score (nSPS) is 9.24. The van der Waals surface area contributed by atoms with Crippen molar-refractivity contribution < 1.29 is 4.84 Å². The zero-order valence-corrected chi connectivity index (χ0v) is 10.4. The Kier molecular flexibility index (Phi) is 5.33. The van der Waals surface area contributed by atoms with Crippen molar-refractivity contribution in [2.45, 2.75) is 0 Å². The van der Waals surface area contributed by atoms with Crippen molar-refractivity contribution in [1.82, 2.24) is 0 Å². The highest BCUT2D eigenvalue weighted by Crippen LogP contribution is 2.15. The van der Waals surface area contributed by atoms with Gasteiger partial charge in [0.2, 0.25) is 0 Å². The molecule has 0 unspecified atom stereocenters. The third-order valence-electron chi connectivity index (χ3n) is 2.18. The van der Waals surface area contributed by atoms with Crippen molar-refractivity contribution in [2.75, 3.05) is 17.7 Å². The number of hydrogen-bond donors (Lipinski definition) is 1. The zero-order valence-electron chi connectivity index (χ0n) is 9.54. The van der Waals surface area contributed by atoms with E-state index in [4.69, 9.17) is 4.84 Å². The number of rotatable bonds is 4. The van der Waals surface area contributed by atoms with E-state index in [1.54, 1.807) is 12.3 Å². The summed E-state index contributed by atoms with van der Waals surface area (Å²) in [6.07, 6.45) is 0. The van der Waals surface area contributed by atoms with Crippen LogP contribution in [-0.2, 0) is 4.84 Å². The van der Waals surface area contributed by atoms with Crippen molar-refractivity contribution in [3.8, 4) is 0 Å². The molecule has 0 saturated heterocycles. The molecule has 0 aromatic heterocycles. The minimum absolute atomic E-state index is 0. The Morgan fingerprint density at radius 3 is 1.94 bits per heavy atom. The number of nitrogens with zero attached hydrogens (tertiary/aromatic N) is 1. The van der Waals surface area contributed by atoms with Crippen LogP contribution in [0.4, 0.5) is 11.4 Å². The summed E-state index contributed by atoms with van der Waals surface area (Å²) >= 11 is 0. The van der Waals surface area contributed by atoms with E-state index in [1.807, 2.05) is 60.7 Å². The average Bonchev–Trinajstić information content (AvgIpc) is 2.38. The van der Waals surface area contributed by atoms with Crippen LogP contribution in [0.15, 0.2) is 60.7 Å². The van der Waals surface area contributed by atoms with Crippen molar-refractivity contribution in [2.24, 2.45) is 0 Å². The molecule has 4 heteroatoms. The largest absolute Gasteiger partial charge is 0.274 e. The molecule has 2 aromatic carbocycles. The van der Waals surface area contributed by atoms with E-state index >= 15 is 0 Å². The Morgan fingerprint density at radius 2 is 1.41 bits per heavy atom. The number of nitrogens with one attached hydrogen (secondary N) is 1. The van der Waals surface area contributed by atoms with Crippen LogP contribution in [0.2, 0.25) is 0 Å². The maximum Gasteiger partial charge on any atom is 0.0878 e. The molecule has 0 amide bonds. The highest BCUT2D eigenvalue weighted by molar-refractivity contribution is 5.85. The first kappa shape index (κ1) is 13.4. The summed E-state index contributed by atoms with van der Waals surface area (Å²) in [5.74, 6) is 0. The predicted octanol–water partition coefficient (Wildman–Crippen LogP) is 3.50. The summed E-state index contributed by atoms with van der Waals surface area (Å²) in [6.45, 7) is 0. The monoisotopic (exact) mass is 250 g/mol. The minimum Gasteiger partial charge on any atom is -0.274 e. The van der Waals surface area contributed by atoms with Gasteiger partial charge in [0.25, 0.3) is 0 Å². The lowest BCUT2D eigenvalue weighted by Gasteiger charge is -2.23. The molecule has 0 aliphatic carbocycles. The highest BCUT2D eigenvalue weighted by atomic mass is 35.5. The van der Waals surface area contributed by atoms with E-state index < -0.39 is 0 Å². The fraction of sp³-hybridized carbons (Fsp3) is 0.0769. The molecular formula is C13H15ClN2O. The number of anilines is 2. The fourth-order valence-corrected chi connectivity index (χ4v) is 1.41. The first-order chi connectivity index (χ1) is 7.90. The number of halogens is 1. The van der Waals surface area contributed by atoms with Gasteiger partial charge >= 0.3 is 0 Å². The SMILES string of the molecule is CON(Nc1ccccc1)c1ccccc1.Cl. The molecule has 0 radical (unpaired) electrons. The minimum atomic E-state index is 0. The summed E-state index contributed by atoms with van der Waals surface area (Å²) < 4.78 is 0. The molecule has 0 fully saturated rings. The van der Waals surface area contributed by atoms with Crippen molar-refractivity contribution in [3.05, 3.63) is 60.7 Å². The molecule has 2 rings (SSSR count). The molecule has 2 aromatic rings. The molecule has 0 bridgehead atoms. The summed E-state index contributed by atoms with van der Waals surface area (Å²) in [5.41, 5.74) is 5.09. The van der Waals surface area contributed by atoms with Gasteiger partial charge < -0.3 is 0 Å². The first-order valence-electron chi connectivity index (χ1n) is 5.11. The second-order valence-electron chi connectivity index (χ2n) is 3.29. The van der Waals surface area contributed by atoms with Crippen LogP contribution in [0, 0.1) is 0 Å². The Morgan fingerprint density at radius 1 is 0.882 bits per heavy atom. The lowest BCUT2D eigenvalue weighted by atomic mass is 10.3. The molecule has 0 aliphatic rings. The number of hydrazine groups is 1. The molecule has 0 spiro atoms. The van der Waals surface area contributed by atoms with Gasteiger partial charge in [-0.3, -0.25) is 10.3 Å². The van der Waals surface area contributed by atoms with Crippen molar-refractivity contribution in [1.29, 1.82) is 0 Å². The van der Waals surface area contributed by atoms with Crippen LogP contribution in [0.1, 0.15) is 0 Å². The average molecular weight is 251 g/mol. The van der Waals surface area contributed by atoms with Crippen LogP contribution in [0.3, 0.4) is 0 Å². The number of para-hydroxylation sites is 2. The summed E-state index contributed by atoms with van der Waals surface area (Å²) in [7, 11) is 1.63. The quantitative estimate of drug-likeness (QED) is 0.841. The van der Waals surface area contributed by atoms with E-state index in [9.17, 15) is 0 Å². The van der Waals surface area contributed by atoms with E-state index in [0.29, 0.717) is 0 Å². The van der Waals surface area contributed by atoms with Gasteiger partial charge in [0, 0.05) is 0 Å². The maximum absolute atomic E-state index is 5.26. The number of benzene rings is 2. The molecular weight excluding hydrogens is 236 g/mol. The molecule has 90 valence electrons. The zero-order chi connectivity index (χ0) is 11.2. The third kappa shape index (κ3) is 3.66. The first-order valence-corrected chi connectivity index (χ1v) is 5.11. The van der Waals surface area contributed by atoms with Crippen LogP contribution >= 0.6 is 12.4 Å². The van der Waals surface area contributed by atoms with Crippen LogP contribution in [-0.4, -0.2) is 7.11 Å². The van der Waals surface area contributed by atoms with Gasteiger partial charge in [-0.25, -0.2) is 0 Å². The maximum atomic E-state index is 5.26. The Labute approximate surface area is 107 Å². The Hall–Kier alpha value is -1.71. The van der Waals surface area contributed by atoms with Gasteiger partial charge in [0.1, 0.15) is 0 Å². The summed E-state index contributed by atoms with van der Waals surface area (Å²) in [4.78, 5) is 5.26. The standard InChI is InChI=1S/C13H14N2O.ClH/c1-16-15(13-10-6-3-7-11-13)14-12-8-4-2-5-9-12;/h2-11,14H,1H3;1H. The van der Waals surface area contributed by atoms with Gasteiger partial charge in [-0.15, -0.1) is 12.4 Å². The van der Waals surface area contributed by atoms with Crippen molar-refractivity contribution >= 4 is 23.8 Å². The molecule has 0 atom stereocenters. The van der Waals surface area contributed by atoms with E-state index in [2.05, 4.69) is 5.43 Å². The molecule has 17 heavy (non-hydrogen) atoms. The summed E-state index contributed by atoms with van der Waals surface area (Å²) in [5, 5.41) is 1.62. The second kappa shape index (κ2) is 6.78. The van der Waals surface area contributed by atoms with Gasteiger partial charge in [-0.05, 0) is 24.3 Å². The molecule has 0 aliphatic heterocycles. The van der Waals surface area contributed by atoms with E-state index in [-0.39, 0.29) is 12.4 Å². The Balaban J connectivity index is 0.00000144. The van der Waals surface area contributed by atoms with Crippen LogP contribution in [0.5, 0.6) is 0 Å². The van der Waals surface area contributed by atoms with E-state index in [0.717, 1.165) is 11.4 Å². The molecule has 0 saturated carbocycles. The predicted molar refractivity (Wildman–Crippen MR) is 73.2 cm³/mol. The van der Waals surface area contributed by atoms with Gasteiger partial charge in [0.15, 0.2) is 0 Å². The lowest BCUT2D eigenvalue weighted by molar-refractivity contribution is 0.183. The Bertz CT molecular complexity index is 422. The highest BCUT2D eigenvalue weighted by Gasteiger charge is 2.03. The fourth-order valence-electron chi connectivity index (χ4n) is 1.41. The summed E-state index contributed by atoms with van der Waals surface area (Å²) in [6, 6.07) is 19.7. The topological polar surface area (TPSA) is 24.5 Å². The molecule has 0 heterocycles. The van der Waals surface area contributed by atoms with Crippen molar-refractivity contribution in [3.63, 3.8) is 0 Å². The third-order valence-corrected chi connectivity index (χ3v) is 2.18. The van der Waals surface area contributed by atoms with Crippen LogP contribution in [0.25, 0.3) is 0 Å². The van der Waals surface area contributed by atoms with Gasteiger partial charge in [-0.2, -0.15) is 5.17 Å². The lowest BCUT2D eigenvalue weighted by Crippen LogP contribution is -2.28. The van der Waals surface area contributed by atoms with Gasteiger partial charge in [0.05, 0.1) is 18.5 Å². The van der Waals surface area contributed by atoms with Gasteiger partial charge in [-0.1, -0.05) is 36.4 Å².